The Bertz CT molecular complexity index is 322. The van der Waals surface area contributed by atoms with Crippen molar-refractivity contribution < 1.29 is 24.2 Å². The lowest BCUT2D eigenvalue weighted by Crippen LogP contribution is -2.47. The van der Waals surface area contributed by atoms with E-state index in [0.717, 1.165) is 32.1 Å². The molecule has 0 heterocycles. The molecule has 1 atom stereocenters. The lowest BCUT2D eigenvalue weighted by molar-refractivity contribution is -0.148. The van der Waals surface area contributed by atoms with E-state index in [-0.39, 0.29) is 5.92 Å². The molecule has 1 rings (SSSR count). The van der Waals surface area contributed by atoms with E-state index >= 15 is 0 Å². The van der Waals surface area contributed by atoms with Crippen molar-refractivity contribution in [2.24, 2.45) is 5.92 Å². The van der Waals surface area contributed by atoms with Crippen LogP contribution in [0.2, 0.25) is 0 Å². The second kappa shape index (κ2) is 6.98. The number of amides is 1. The summed E-state index contributed by atoms with van der Waals surface area (Å²) in [4.78, 5) is 33.2. The summed E-state index contributed by atoms with van der Waals surface area (Å²) in [7, 11) is 0. The van der Waals surface area contributed by atoms with Crippen LogP contribution in [-0.4, -0.2) is 35.6 Å². The highest BCUT2D eigenvalue weighted by Crippen LogP contribution is 2.26. The lowest BCUT2D eigenvalue weighted by Gasteiger charge is -2.27. The zero-order chi connectivity index (χ0) is 13.5. The number of esters is 1. The zero-order valence-corrected chi connectivity index (χ0v) is 10.5. The van der Waals surface area contributed by atoms with Crippen molar-refractivity contribution in [3.63, 3.8) is 0 Å². The van der Waals surface area contributed by atoms with Gasteiger partial charge in [-0.1, -0.05) is 19.3 Å². The van der Waals surface area contributed by atoms with Gasteiger partial charge < -0.3 is 15.2 Å². The molecule has 0 radical (unpaired) electrons. The SMILES string of the molecule is CC(=O)OCC(=O)N[C@H](C(=O)O)C1CCCCC1. The van der Waals surface area contributed by atoms with Crippen LogP contribution in [-0.2, 0) is 19.1 Å². The number of hydrogen-bond donors (Lipinski definition) is 2. The van der Waals surface area contributed by atoms with Gasteiger partial charge in [0, 0.05) is 6.92 Å². The van der Waals surface area contributed by atoms with E-state index in [2.05, 4.69) is 10.1 Å². The molecule has 1 fully saturated rings. The number of ether oxygens (including phenoxy) is 1. The fourth-order valence-electron chi connectivity index (χ4n) is 2.23. The summed E-state index contributed by atoms with van der Waals surface area (Å²) in [6.07, 6.45) is 4.72. The van der Waals surface area contributed by atoms with Crippen molar-refractivity contribution in [2.75, 3.05) is 6.61 Å². The Labute approximate surface area is 106 Å². The second-order valence-corrected chi connectivity index (χ2v) is 4.56. The summed E-state index contributed by atoms with van der Waals surface area (Å²) >= 11 is 0. The summed E-state index contributed by atoms with van der Waals surface area (Å²) in [5, 5.41) is 11.6. The fourth-order valence-corrected chi connectivity index (χ4v) is 2.23. The number of carboxylic acid groups (broad SMARTS) is 1. The van der Waals surface area contributed by atoms with E-state index in [9.17, 15) is 14.4 Å². The van der Waals surface area contributed by atoms with Crippen molar-refractivity contribution in [3.05, 3.63) is 0 Å². The van der Waals surface area contributed by atoms with Crippen LogP contribution in [0, 0.1) is 5.92 Å². The monoisotopic (exact) mass is 257 g/mol. The molecule has 0 bridgehead atoms. The molecule has 6 nitrogen and oxygen atoms in total. The van der Waals surface area contributed by atoms with Crippen LogP contribution in [0.4, 0.5) is 0 Å². The highest BCUT2D eigenvalue weighted by atomic mass is 16.5. The summed E-state index contributed by atoms with van der Waals surface area (Å²) in [6.45, 7) is 0.773. The van der Waals surface area contributed by atoms with Crippen LogP contribution in [0.3, 0.4) is 0 Å². The molecule has 6 heteroatoms. The van der Waals surface area contributed by atoms with E-state index in [0.29, 0.717) is 0 Å². The van der Waals surface area contributed by atoms with Gasteiger partial charge in [-0.25, -0.2) is 4.79 Å². The van der Waals surface area contributed by atoms with E-state index < -0.39 is 30.5 Å². The number of carbonyl (C=O) groups excluding carboxylic acids is 2. The summed E-state index contributed by atoms with van der Waals surface area (Å²) in [5.74, 6) is -2.19. The Balaban J connectivity index is 2.48. The maximum absolute atomic E-state index is 11.5. The van der Waals surface area contributed by atoms with Gasteiger partial charge in [-0.05, 0) is 18.8 Å². The van der Waals surface area contributed by atoms with E-state index in [4.69, 9.17) is 5.11 Å². The van der Waals surface area contributed by atoms with Crippen LogP contribution >= 0.6 is 0 Å². The molecule has 1 aliphatic rings. The largest absolute Gasteiger partial charge is 0.480 e. The molecule has 0 aromatic carbocycles. The van der Waals surface area contributed by atoms with Crippen LogP contribution in [0.1, 0.15) is 39.0 Å². The third-order valence-corrected chi connectivity index (χ3v) is 3.11. The highest BCUT2D eigenvalue weighted by Gasteiger charge is 2.30. The minimum Gasteiger partial charge on any atom is -0.480 e. The normalized spacial score (nSPS) is 17.8. The van der Waals surface area contributed by atoms with Crippen LogP contribution in [0.5, 0.6) is 0 Å². The summed E-state index contributed by atoms with van der Waals surface area (Å²) in [6, 6.07) is -0.881. The Morgan fingerprint density at radius 1 is 1.28 bits per heavy atom. The average Bonchev–Trinajstić information content (AvgIpc) is 2.34. The minimum absolute atomic E-state index is 0.0301. The molecule has 18 heavy (non-hydrogen) atoms. The number of rotatable bonds is 5. The number of aliphatic carboxylic acids is 1. The first-order valence-corrected chi connectivity index (χ1v) is 6.16. The number of hydrogen-bond acceptors (Lipinski definition) is 4. The van der Waals surface area contributed by atoms with Gasteiger partial charge in [0.2, 0.25) is 0 Å². The van der Waals surface area contributed by atoms with Gasteiger partial charge in [-0.15, -0.1) is 0 Å². The van der Waals surface area contributed by atoms with Gasteiger partial charge in [-0.3, -0.25) is 9.59 Å². The molecular weight excluding hydrogens is 238 g/mol. The van der Waals surface area contributed by atoms with E-state index in [1.165, 1.54) is 6.92 Å². The quantitative estimate of drug-likeness (QED) is 0.707. The van der Waals surface area contributed by atoms with Gasteiger partial charge in [0.05, 0.1) is 0 Å². The van der Waals surface area contributed by atoms with Gasteiger partial charge >= 0.3 is 11.9 Å². The first-order chi connectivity index (χ1) is 8.50. The molecule has 0 spiro atoms. The number of carboxylic acids is 1. The molecule has 0 aromatic heterocycles. The molecule has 1 amide bonds. The van der Waals surface area contributed by atoms with Gasteiger partial charge in [0.1, 0.15) is 6.04 Å². The van der Waals surface area contributed by atoms with Crippen LogP contribution < -0.4 is 5.32 Å². The highest BCUT2D eigenvalue weighted by molar-refractivity contribution is 5.85. The van der Waals surface area contributed by atoms with Gasteiger partial charge in [-0.2, -0.15) is 0 Å². The zero-order valence-electron chi connectivity index (χ0n) is 10.5. The molecule has 0 saturated heterocycles. The predicted molar refractivity (Wildman–Crippen MR) is 62.8 cm³/mol. The lowest BCUT2D eigenvalue weighted by atomic mass is 9.84. The smallest absolute Gasteiger partial charge is 0.326 e. The topological polar surface area (TPSA) is 92.7 Å². The van der Waals surface area contributed by atoms with E-state index in [1.807, 2.05) is 0 Å². The second-order valence-electron chi connectivity index (χ2n) is 4.56. The first-order valence-electron chi connectivity index (χ1n) is 6.16. The first kappa shape index (κ1) is 14.5. The van der Waals surface area contributed by atoms with Crippen LogP contribution in [0.25, 0.3) is 0 Å². The number of nitrogens with one attached hydrogen (secondary N) is 1. The maximum Gasteiger partial charge on any atom is 0.326 e. The molecule has 102 valence electrons. The fraction of sp³-hybridized carbons (Fsp3) is 0.750. The third kappa shape index (κ3) is 4.73. The minimum atomic E-state index is -1.03. The molecule has 0 unspecified atom stereocenters. The van der Waals surface area contributed by atoms with Crippen molar-refractivity contribution in [1.29, 1.82) is 0 Å². The molecular formula is C12H19NO5. The Morgan fingerprint density at radius 3 is 2.39 bits per heavy atom. The predicted octanol–water partition coefficient (Wildman–Crippen LogP) is 0.699. The maximum atomic E-state index is 11.5. The Morgan fingerprint density at radius 2 is 1.89 bits per heavy atom. The molecule has 0 aliphatic heterocycles. The summed E-state index contributed by atoms with van der Waals surface area (Å²) < 4.78 is 4.53. The average molecular weight is 257 g/mol. The Hall–Kier alpha value is -1.59. The van der Waals surface area contributed by atoms with Crippen LogP contribution in [0.15, 0.2) is 0 Å². The molecule has 0 aromatic rings. The standard InChI is InChI=1S/C12H19NO5/c1-8(14)18-7-10(15)13-11(12(16)17)9-5-3-2-4-6-9/h9,11H,2-7H2,1H3,(H,13,15)(H,16,17)/t11-/m0/s1. The van der Waals surface area contributed by atoms with Gasteiger partial charge in [0.15, 0.2) is 6.61 Å². The van der Waals surface area contributed by atoms with Crippen molar-refractivity contribution in [1.82, 2.24) is 5.32 Å². The van der Waals surface area contributed by atoms with Crippen molar-refractivity contribution in [3.8, 4) is 0 Å². The third-order valence-electron chi connectivity index (χ3n) is 3.11. The van der Waals surface area contributed by atoms with Crippen molar-refractivity contribution in [2.45, 2.75) is 45.1 Å². The van der Waals surface area contributed by atoms with Gasteiger partial charge in [0.25, 0.3) is 5.91 Å². The molecule has 1 saturated carbocycles. The molecule has 2 N–H and O–H groups in total. The van der Waals surface area contributed by atoms with Crippen molar-refractivity contribution >= 4 is 17.8 Å². The Kier molecular flexibility index (Phi) is 5.61. The summed E-state index contributed by atoms with van der Waals surface area (Å²) in [5.41, 5.74) is 0. The molecule has 1 aliphatic carbocycles. The number of carbonyl (C=O) groups is 3. The van der Waals surface area contributed by atoms with E-state index in [1.54, 1.807) is 0 Å².